The smallest absolute Gasteiger partial charge is 0.272 e. The molecule has 112 valence electrons. The molecule has 0 radical (unpaired) electrons. The third kappa shape index (κ3) is 4.02. The minimum absolute atomic E-state index is 0.102. The molecular weight excluding hydrogens is 256 g/mol. The number of rotatable bonds is 8. The van der Waals surface area contributed by atoms with Crippen molar-refractivity contribution in [2.24, 2.45) is 0 Å². The number of aliphatic hydroxyl groups excluding tert-OH is 1. The third-order valence-electron chi connectivity index (χ3n) is 3.83. The van der Waals surface area contributed by atoms with Crippen LogP contribution in [0.2, 0.25) is 0 Å². The zero-order chi connectivity index (χ0) is 15.1. The first kappa shape index (κ1) is 16.6. The van der Waals surface area contributed by atoms with Crippen molar-refractivity contribution in [2.45, 2.75) is 46.2 Å². The number of benzene rings is 1. The van der Waals surface area contributed by atoms with Crippen molar-refractivity contribution >= 4 is 5.69 Å². The molecular formula is C15H24N2O3. The third-order valence-corrected chi connectivity index (χ3v) is 3.83. The first-order valence-corrected chi connectivity index (χ1v) is 7.12. The van der Waals surface area contributed by atoms with Crippen molar-refractivity contribution in [2.75, 3.05) is 13.2 Å². The Balaban J connectivity index is 2.99. The highest BCUT2D eigenvalue weighted by Crippen LogP contribution is 2.23. The lowest BCUT2D eigenvalue weighted by Crippen LogP contribution is -2.36. The average Bonchev–Trinajstić information content (AvgIpc) is 2.42. The van der Waals surface area contributed by atoms with E-state index in [0.717, 1.165) is 18.4 Å². The molecule has 0 aliphatic heterocycles. The minimum atomic E-state index is -0.341. The van der Waals surface area contributed by atoms with Crippen LogP contribution in [-0.4, -0.2) is 34.1 Å². The van der Waals surface area contributed by atoms with Gasteiger partial charge in [-0.15, -0.1) is 0 Å². The molecule has 5 nitrogen and oxygen atoms in total. The Morgan fingerprint density at radius 3 is 2.50 bits per heavy atom. The molecule has 1 N–H and O–H groups in total. The van der Waals surface area contributed by atoms with Crippen molar-refractivity contribution in [3.05, 3.63) is 39.4 Å². The predicted octanol–water partition coefficient (Wildman–Crippen LogP) is 2.89. The van der Waals surface area contributed by atoms with E-state index in [1.54, 1.807) is 13.0 Å². The minimum Gasteiger partial charge on any atom is -0.395 e. The van der Waals surface area contributed by atoms with Crippen LogP contribution in [0.5, 0.6) is 0 Å². The predicted molar refractivity (Wildman–Crippen MR) is 79.7 cm³/mol. The van der Waals surface area contributed by atoms with Gasteiger partial charge in [0.2, 0.25) is 0 Å². The Kier molecular flexibility index (Phi) is 6.61. The van der Waals surface area contributed by atoms with Gasteiger partial charge in [-0.2, -0.15) is 0 Å². The van der Waals surface area contributed by atoms with Gasteiger partial charge in [0.05, 0.1) is 11.5 Å². The Labute approximate surface area is 120 Å². The lowest BCUT2D eigenvalue weighted by molar-refractivity contribution is -0.385. The molecule has 0 spiro atoms. The molecule has 0 aliphatic carbocycles. The van der Waals surface area contributed by atoms with Crippen LogP contribution in [0.4, 0.5) is 5.69 Å². The second-order valence-electron chi connectivity index (χ2n) is 4.98. The standard InChI is InChI=1S/C15H24N2O3/c1-4-14(5-2)16(9-10-18)11-13-7-6-8-15(12(13)3)17(19)20/h6-8,14,18H,4-5,9-11H2,1-3H3. The van der Waals surface area contributed by atoms with E-state index < -0.39 is 0 Å². The summed E-state index contributed by atoms with van der Waals surface area (Å²) in [6.45, 7) is 7.37. The molecule has 0 fully saturated rings. The highest BCUT2D eigenvalue weighted by Gasteiger charge is 2.19. The SMILES string of the molecule is CCC(CC)N(CCO)Cc1cccc([N+](=O)[O-])c1C. The Bertz CT molecular complexity index is 445. The molecule has 0 heterocycles. The summed E-state index contributed by atoms with van der Waals surface area (Å²) in [5, 5.41) is 20.2. The van der Waals surface area contributed by atoms with Crippen LogP contribution in [0.25, 0.3) is 0 Å². The molecule has 0 atom stereocenters. The van der Waals surface area contributed by atoms with Gasteiger partial charge in [0.1, 0.15) is 0 Å². The molecule has 0 unspecified atom stereocenters. The fourth-order valence-electron chi connectivity index (χ4n) is 2.58. The fraction of sp³-hybridized carbons (Fsp3) is 0.600. The van der Waals surface area contributed by atoms with Gasteiger partial charge in [-0.25, -0.2) is 0 Å². The number of nitro groups is 1. The largest absolute Gasteiger partial charge is 0.395 e. The summed E-state index contributed by atoms with van der Waals surface area (Å²) in [5.41, 5.74) is 1.84. The summed E-state index contributed by atoms with van der Waals surface area (Å²) >= 11 is 0. The summed E-state index contributed by atoms with van der Waals surface area (Å²) in [4.78, 5) is 12.8. The van der Waals surface area contributed by atoms with Crippen LogP contribution in [0.1, 0.15) is 37.8 Å². The molecule has 0 saturated carbocycles. The van der Waals surface area contributed by atoms with Crippen LogP contribution in [0.15, 0.2) is 18.2 Å². The van der Waals surface area contributed by atoms with Crippen molar-refractivity contribution in [3.63, 3.8) is 0 Å². The second kappa shape index (κ2) is 7.97. The summed E-state index contributed by atoms with van der Waals surface area (Å²) < 4.78 is 0. The number of hydrogen-bond acceptors (Lipinski definition) is 4. The maximum atomic E-state index is 11.0. The van der Waals surface area contributed by atoms with E-state index in [9.17, 15) is 15.2 Å². The Morgan fingerprint density at radius 1 is 1.35 bits per heavy atom. The summed E-state index contributed by atoms with van der Waals surface area (Å²) in [5.74, 6) is 0. The zero-order valence-electron chi connectivity index (χ0n) is 12.5. The molecule has 0 aliphatic rings. The van der Waals surface area contributed by atoms with Crippen molar-refractivity contribution in [1.29, 1.82) is 0 Å². The maximum absolute atomic E-state index is 11.0. The van der Waals surface area contributed by atoms with Crippen LogP contribution < -0.4 is 0 Å². The summed E-state index contributed by atoms with van der Waals surface area (Å²) in [6.07, 6.45) is 2.01. The molecule has 0 amide bonds. The molecule has 20 heavy (non-hydrogen) atoms. The lowest BCUT2D eigenvalue weighted by atomic mass is 10.0. The van der Waals surface area contributed by atoms with E-state index in [2.05, 4.69) is 18.7 Å². The average molecular weight is 280 g/mol. The monoisotopic (exact) mass is 280 g/mol. The van der Waals surface area contributed by atoms with E-state index >= 15 is 0 Å². The van der Waals surface area contributed by atoms with Gasteiger partial charge in [-0.05, 0) is 25.3 Å². The first-order valence-electron chi connectivity index (χ1n) is 7.12. The topological polar surface area (TPSA) is 66.6 Å². The van der Waals surface area contributed by atoms with Gasteiger partial charge < -0.3 is 5.11 Å². The van der Waals surface area contributed by atoms with E-state index in [0.29, 0.717) is 24.7 Å². The number of nitrogens with zero attached hydrogens (tertiary/aromatic N) is 2. The molecule has 0 saturated heterocycles. The van der Waals surface area contributed by atoms with E-state index in [-0.39, 0.29) is 17.2 Å². The molecule has 1 rings (SSSR count). The number of aliphatic hydroxyl groups is 1. The highest BCUT2D eigenvalue weighted by molar-refractivity contribution is 5.44. The summed E-state index contributed by atoms with van der Waals surface area (Å²) in [7, 11) is 0. The molecule has 1 aromatic rings. The van der Waals surface area contributed by atoms with E-state index in [4.69, 9.17) is 0 Å². The van der Waals surface area contributed by atoms with Gasteiger partial charge >= 0.3 is 0 Å². The molecule has 0 bridgehead atoms. The molecule has 5 heteroatoms. The van der Waals surface area contributed by atoms with Crippen LogP contribution in [-0.2, 0) is 6.54 Å². The van der Waals surface area contributed by atoms with Crippen molar-refractivity contribution in [1.82, 2.24) is 4.90 Å². The lowest BCUT2D eigenvalue weighted by Gasteiger charge is -2.30. The van der Waals surface area contributed by atoms with E-state index in [1.807, 2.05) is 6.07 Å². The van der Waals surface area contributed by atoms with Gasteiger partial charge in [-0.3, -0.25) is 15.0 Å². The molecule has 1 aromatic carbocycles. The number of nitro benzene ring substituents is 1. The Hall–Kier alpha value is -1.46. The number of hydrogen-bond donors (Lipinski definition) is 1. The van der Waals surface area contributed by atoms with Gasteiger partial charge in [0.25, 0.3) is 5.69 Å². The Morgan fingerprint density at radius 2 is 2.00 bits per heavy atom. The quantitative estimate of drug-likeness (QED) is 0.587. The van der Waals surface area contributed by atoms with E-state index in [1.165, 1.54) is 6.07 Å². The van der Waals surface area contributed by atoms with Crippen molar-refractivity contribution < 1.29 is 10.0 Å². The first-order chi connectivity index (χ1) is 9.54. The van der Waals surface area contributed by atoms with Crippen LogP contribution in [0, 0.1) is 17.0 Å². The van der Waals surface area contributed by atoms with Crippen LogP contribution in [0.3, 0.4) is 0 Å². The van der Waals surface area contributed by atoms with Gasteiger partial charge in [0, 0.05) is 30.8 Å². The highest BCUT2D eigenvalue weighted by atomic mass is 16.6. The molecule has 0 aromatic heterocycles. The normalized spacial score (nSPS) is 11.3. The van der Waals surface area contributed by atoms with Crippen molar-refractivity contribution in [3.8, 4) is 0 Å². The fourth-order valence-corrected chi connectivity index (χ4v) is 2.58. The van der Waals surface area contributed by atoms with Crippen LogP contribution >= 0.6 is 0 Å². The second-order valence-corrected chi connectivity index (χ2v) is 4.98. The maximum Gasteiger partial charge on any atom is 0.272 e. The van der Waals surface area contributed by atoms with Gasteiger partial charge in [0.15, 0.2) is 0 Å². The zero-order valence-corrected chi connectivity index (χ0v) is 12.5. The van der Waals surface area contributed by atoms with Gasteiger partial charge in [-0.1, -0.05) is 26.0 Å². The summed E-state index contributed by atoms with van der Waals surface area (Å²) in [6, 6.07) is 5.58.